The van der Waals surface area contributed by atoms with Crippen LogP contribution in [0.3, 0.4) is 0 Å². The van der Waals surface area contributed by atoms with Gasteiger partial charge in [0.05, 0.1) is 12.2 Å². The zero-order valence-electron chi connectivity index (χ0n) is 11.2. The Morgan fingerprint density at radius 1 is 1.53 bits per heavy atom. The monoisotopic (exact) mass is 283 g/mol. The van der Waals surface area contributed by atoms with Gasteiger partial charge in [0.15, 0.2) is 0 Å². The molecule has 6 heteroatoms. The molecule has 0 aliphatic carbocycles. The number of halogens is 1. The maximum atomic E-state index is 11.9. The summed E-state index contributed by atoms with van der Waals surface area (Å²) in [6, 6.07) is 3.65. The van der Waals surface area contributed by atoms with Gasteiger partial charge in [-0.2, -0.15) is 5.10 Å². The molecule has 2 rings (SSSR count). The fourth-order valence-electron chi connectivity index (χ4n) is 2.11. The minimum Gasteiger partial charge on any atom is -0.471 e. The Labute approximate surface area is 117 Å². The highest BCUT2D eigenvalue weighted by Gasteiger charge is 2.27. The first-order valence-electron chi connectivity index (χ1n) is 6.46. The van der Waals surface area contributed by atoms with E-state index in [1.54, 1.807) is 17.9 Å². The van der Waals surface area contributed by atoms with Gasteiger partial charge in [-0.25, -0.2) is 0 Å². The van der Waals surface area contributed by atoms with Crippen molar-refractivity contribution < 1.29 is 9.53 Å². The molecule has 1 aliphatic heterocycles. The van der Waals surface area contributed by atoms with Crippen molar-refractivity contribution in [2.75, 3.05) is 13.1 Å². The summed E-state index contributed by atoms with van der Waals surface area (Å²) in [5.41, 5.74) is 0.851. The molecule has 1 aromatic rings. The quantitative estimate of drug-likeness (QED) is 0.794. The number of carbonyl (C=O) groups is 1. The van der Waals surface area contributed by atoms with E-state index in [1.807, 2.05) is 13.0 Å². The van der Waals surface area contributed by atoms with Crippen LogP contribution in [0.25, 0.3) is 0 Å². The number of nitrogens with zero attached hydrogens (tertiary/aromatic N) is 3. The van der Waals surface area contributed by atoms with Gasteiger partial charge in [0, 0.05) is 12.6 Å². The highest BCUT2D eigenvalue weighted by atomic mass is 35.5. The second-order valence-electron chi connectivity index (χ2n) is 4.80. The van der Waals surface area contributed by atoms with Gasteiger partial charge in [0.25, 0.3) is 0 Å². The number of likely N-dealkylation sites (tertiary alicyclic amines) is 1. The number of ether oxygens (including phenoxy) is 1. The molecule has 1 saturated heterocycles. The SMILES string of the molecule is Cc1ccc(OC2CCCN(C(=O)C(C)Cl)C2)nn1. The van der Waals surface area contributed by atoms with Crippen LogP contribution in [0.15, 0.2) is 12.1 Å². The first-order chi connectivity index (χ1) is 9.06. The summed E-state index contributed by atoms with van der Waals surface area (Å²) >= 11 is 5.83. The molecule has 1 aromatic heterocycles. The van der Waals surface area contributed by atoms with E-state index in [1.165, 1.54) is 0 Å². The maximum absolute atomic E-state index is 11.9. The number of hydrogen-bond donors (Lipinski definition) is 0. The van der Waals surface area contributed by atoms with Crippen LogP contribution in [-0.2, 0) is 4.79 Å². The van der Waals surface area contributed by atoms with E-state index in [0.717, 1.165) is 25.1 Å². The number of hydrogen-bond acceptors (Lipinski definition) is 4. The Kier molecular flexibility index (Phi) is 4.58. The van der Waals surface area contributed by atoms with Gasteiger partial charge in [-0.15, -0.1) is 16.7 Å². The standard InChI is InChI=1S/C13H18ClN3O2/c1-9-5-6-12(16-15-9)19-11-4-3-7-17(8-11)13(18)10(2)14/h5-6,10-11H,3-4,7-8H2,1-2H3. The predicted molar refractivity (Wildman–Crippen MR) is 72.3 cm³/mol. The first kappa shape index (κ1) is 14.1. The summed E-state index contributed by atoms with van der Waals surface area (Å²) < 4.78 is 5.76. The number of carbonyl (C=O) groups excluding carboxylic acids is 1. The van der Waals surface area contributed by atoms with Crippen LogP contribution in [0.1, 0.15) is 25.5 Å². The highest BCUT2D eigenvalue weighted by Crippen LogP contribution is 2.17. The smallest absolute Gasteiger partial charge is 0.240 e. The first-order valence-corrected chi connectivity index (χ1v) is 6.90. The number of alkyl halides is 1. The molecule has 1 aliphatic rings. The van der Waals surface area contributed by atoms with E-state index < -0.39 is 5.38 Å². The van der Waals surface area contributed by atoms with Crippen LogP contribution in [0.4, 0.5) is 0 Å². The third-order valence-corrected chi connectivity index (χ3v) is 3.28. The van der Waals surface area contributed by atoms with Gasteiger partial charge in [-0.05, 0) is 32.8 Å². The minimum absolute atomic E-state index is 0.0369. The lowest BCUT2D eigenvalue weighted by Crippen LogP contribution is -2.46. The Morgan fingerprint density at radius 2 is 2.32 bits per heavy atom. The van der Waals surface area contributed by atoms with E-state index in [2.05, 4.69) is 10.2 Å². The molecule has 0 bridgehead atoms. The zero-order chi connectivity index (χ0) is 13.8. The largest absolute Gasteiger partial charge is 0.471 e. The van der Waals surface area contributed by atoms with Gasteiger partial charge in [0.1, 0.15) is 11.5 Å². The summed E-state index contributed by atoms with van der Waals surface area (Å²) in [5, 5.41) is 7.44. The van der Waals surface area contributed by atoms with Gasteiger partial charge in [-0.1, -0.05) is 0 Å². The summed E-state index contributed by atoms with van der Waals surface area (Å²) in [6.45, 7) is 4.88. The van der Waals surface area contributed by atoms with Crippen molar-refractivity contribution in [1.82, 2.24) is 15.1 Å². The average Bonchev–Trinajstić information content (AvgIpc) is 2.41. The normalized spacial score (nSPS) is 21.0. The number of amides is 1. The number of rotatable bonds is 3. The zero-order valence-corrected chi connectivity index (χ0v) is 11.9. The molecular weight excluding hydrogens is 266 g/mol. The van der Waals surface area contributed by atoms with Crippen LogP contribution >= 0.6 is 11.6 Å². The topological polar surface area (TPSA) is 55.3 Å². The molecule has 2 heterocycles. The van der Waals surface area contributed by atoms with E-state index in [0.29, 0.717) is 12.4 Å². The lowest BCUT2D eigenvalue weighted by molar-refractivity contribution is -0.133. The summed E-state index contributed by atoms with van der Waals surface area (Å²) in [4.78, 5) is 13.6. The predicted octanol–water partition coefficient (Wildman–Crippen LogP) is 1.78. The third kappa shape index (κ3) is 3.80. The van der Waals surface area contributed by atoms with Crippen molar-refractivity contribution in [1.29, 1.82) is 0 Å². The van der Waals surface area contributed by atoms with E-state index in [9.17, 15) is 4.79 Å². The molecule has 0 saturated carbocycles. The number of aryl methyl sites for hydroxylation is 1. The van der Waals surface area contributed by atoms with Crippen molar-refractivity contribution in [2.24, 2.45) is 0 Å². The lowest BCUT2D eigenvalue weighted by Gasteiger charge is -2.33. The Bertz CT molecular complexity index is 436. The Balaban J connectivity index is 1.94. The van der Waals surface area contributed by atoms with Crippen LogP contribution in [0.5, 0.6) is 5.88 Å². The molecule has 0 radical (unpaired) electrons. The molecule has 0 aromatic carbocycles. The fraction of sp³-hybridized carbons (Fsp3) is 0.615. The Morgan fingerprint density at radius 3 is 2.95 bits per heavy atom. The summed E-state index contributed by atoms with van der Waals surface area (Å²) in [7, 11) is 0. The Hall–Kier alpha value is -1.36. The third-order valence-electron chi connectivity index (χ3n) is 3.09. The summed E-state index contributed by atoms with van der Waals surface area (Å²) in [5.74, 6) is 0.466. The minimum atomic E-state index is -0.488. The van der Waals surface area contributed by atoms with E-state index in [-0.39, 0.29) is 12.0 Å². The fourth-order valence-corrected chi connectivity index (χ4v) is 2.24. The highest BCUT2D eigenvalue weighted by molar-refractivity contribution is 6.30. The molecule has 5 nitrogen and oxygen atoms in total. The van der Waals surface area contributed by atoms with Crippen LogP contribution in [0, 0.1) is 6.92 Å². The van der Waals surface area contributed by atoms with Crippen molar-refractivity contribution in [3.63, 3.8) is 0 Å². The number of piperidine rings is 1. The van der Waals surface area contributed by atoms with Crippen molar-refractivity contribution in [2.45, 2.75) is 38.2 Å². The van der Waals surface area contributed by atoms with Gasteiger partial charge < -0.3 is 9.64 Å². The second-order valence-corrected chi connectivity index (χ2v) is 5.45. The van der Waals surface area contributed by atoms with Crippen LogP contribution in [-0.4, -0.2) is 45.6 Å². The van der Waals surface area contributed by atoms with Gasteiger partial charge in [0.2, 0.25) is 11.8 Å². The average molecular weight is 284 g/mol. The number of aromatic nitrogens is 2. The van der Waals surface area contributed by atoms with Gasteiger partial charge in [-0.3, -0.25) is 4.79 Å². The van der Waals surface area contributed by atoms with Gasteiger partial charge >= 0.3 is 0 Å². The molecular formula is C13H18ClN3O2. The molecule has 0 N–H and O–H groups in total. The molecule has 1 amide bonds. The maximum Gasteiger partial charge on any atom is 0.240 e. The molecule has 0 spiro atoms. The molecule has 1 fully saturated rings. The second kappa shape index (κ2) is 6.19. The summed E-state index contributed by atoms with van der Waals surface area (Å²) in [6.07, 6.45) is 1.79. The molecule has 2 atom stereocenters. The van der Waals surface area contributed by atoms with E-state index >= 15 is 0 Å². The van der Waals surface area contributed by atoms with E-state index in [4.69, 9.17) is 16.3 Å². The van der Waals surface area contributed by atoms with Crippen molar-refractivity contribution in [3.8, 4) is 5.88 Å². The molecule has 19 heavy (non-hydrogen) atoms. The van der Waals surface area contributed by atoms with Crippen LogP contribution in [0.2, 0.25) is 0 Å². The van der Waals surface area contributed by atoms with Crippen molar-refractivity contribution in [3.05, 3.63) is 17.8 Å². The lowest BCUT2D eigenvalue weighted by atomic mass is 10.1. The molecule has 104 valence electrons. The molecule has 2 unspecified atom stereocenters. The van der Waals surface area contributed by atoms with Crippen LogP contribution < -0.4 is 4.74 Å². The van der Waals surface area contributed by atoms with Crippen molar-refractivity contribution >= 4 is 17.5 Å².